The first kappa shape index (κ1) is 10.2. The lowest BCUT2D eigenvalue weighted by Crippen LogP contribution is -1.94. The van der Waals surface area contributed by atoms with Crippen LogP contribution in [0.2, 0.25) is 0 Å². The van der Waals surface area contributed by atoms with Crippen molar-refractivity contribution in [3.8, 4) is 11.5 Å². The lowest BCUT2D eigenvalue weighted by atomic mass is 10.1. The van der Waals surface area contributed by atoms with Gasteiger partial charge in [-0.05, 0) is 34.5 Å². The molecule has 0 bridgehead atoms. The number of hydrogen-bond donors (Lipinski definition) is 0. The summed E-state index contributed by atoms with van der Waals surface area (Å²) in [6, 6.07) is 1.88. The predicted molar refractivity (Wildman–Crippen MR) is 56.8 cm³/mol. The van der Waals surface area contributed by atoms with Crippen molar-refractivity contribution in [1.82, 2.24) is 0 Å². The largest absolute Gasteiger partial charge is 0.453 e. The highest BCUT2D eigenvalue weighted by atomic mass is 79.9. The van der Waals surface area contributed by atoms with Gasteiger partial charge in [0.15, 0.2) is 11.5 Å². The minimum atomic E-state index is 0.231. The number of aliphatic imine (C=N–C) groups is 1. The number of fused-ring (bicyclic) bond motifs is 1. The molecular weight excluding hydrogens is 262 g/mol. The molecule has 0 unspecified atom stereocenters. The van der Waals surface area contributed by atoms with Gasteiger partial charge in [0.25, 0.3) is 0 Å². The molecule has 15 heavy (non-hydrogen) atoms. The molecule has 0 spiro atoms. The van der Waals surface area contributed by atoms with Crippen LogP contribution in [0.5, 0.6) is 11.5 Å². The van der Waals surface area contributed by atoms with E-state index in [0.29, 0.717) is 12.3 Å². The monoisotopic (exact) mass is 269 g/mol. The van der Waals surface area contributed by atoms with Crippen LogP contribution in [0.25, 0.3) is 0 Å². The summed E-state index contributed by atoms with van der Waals surface area (Å²) in [6.07, 6.45) is 1.52. The second kappa shape index (κ2) is 4.04. The van der Waals surface area contributed by atoms with Crippen LogP contribution in [0.4, 0.5) is 0 Å². The molecule has 0 amide bonds. The highest BCUT2D eigenvalue weighted by Gasteiger charge is 2.21. The van der Waals surface area contributed by atoms with Crippen molar-refractivity contribution in [3.05, 3.63) is 21.7 Å². The number of benzene rings is 1. The smallest absolute Gasteiger partial charge is 0.235 e. The number of halogens is 1. The zero-order valence-corrected chi connectivity index (χ0v) is 9.63. The first-order chi connectivity index (χ1) is 7.24. The maximum absolute atomic E-state index is 10.0. The number of ether oxygens (including phenoxy) is 2. The minimum absolute atomic E-state index is 0.231. The van der Waals surface area contributed by atoms with Crippen LogP contribution in [0.3, 0.4) is 0 Å². The van der Waals surface area contributed by atoms with Gasteiger partial charge < -0.3 is 9.47 Å². The molecule has 1 aromatic rings. The third-order valence-electron chi connectivity index (χ3n) is 2.27. The molecular formula is C10H8BrNO3. The van der Waals surface area contributed by atoms with Crippen LogP contribution in [0.15, 0.2) is 15.5 Å². The molecule has 78 valence electrons. The Morgan fingerprint density at radius 3 is 3.00 bits per heavy atom. The van der Waals surface area contributed by atoms with E-state index in [-0.39, 0.29) is 6.79 Å². The zero-order valence-electron chi connectivity index (χ0n) is 8.04. The van der Waals surface area contributed by atoms with E-state index in [1.807, 2.05) is 13.0 Å². The van der Waals surface area contributed by atoms with Gasteiger partial charge in [0.05, 0.1) is 11.0 Å². The summed E-state index contributed by atoms with van der Waals surface area (Å²) in [5, 5.41) is 0. The first-order valence-corrected chi connectivity index (χ1v) is 5.14. The Bertz CT molecular complexity index is 452. The fraction of sp³-hybridized carbons (Fsp3) is 0.300. The maximum atomic E-state index is 10.0. The Morgan fingerprint density at radius 2 is 2.27 bits per heavy atom. The van der Waals surface area contributed by atoms with Gasteiger partial charge in [-0.2, -0.15) is 0 Å². The minimum Gasteiger partial charge on any atom is -0.453 e. The van der Waals surface area contributed by atoms with Gasteiger partial charge >= 0.3 is 0 Å². The van der Waals surface area contributed by atoms with Crippen LogP contribution in [-0.4, -0.2) is 12.9 Å². The average Bonchev–Trinajstić information content (AvgIpc) is 2.70. The molecule has 0 fully saturated rings. The number of hydrogen-bond acceptors (Lipinski definition) is 4. The van der Waals surface area contributed by atoms with Gasteiger partial charge in [0, 0.05) is 5.56 Å². The molecule has 0 N–H and O–H groups in total. The molecule has 0 aliphatic carbocycles. The Balaban J connectivity index is 2.49. The SMILES string of the molecule is Cc1c(CN=C=O)cc(Br)c2c1OCO2. The molecule has 1 aromatic carbocycles. The highest BCUT2D eigenvalue weighted by Crippen LogP contribution is 2.43. The van der Waals surface area contributed by atoms with Gasteiger partial charge in [-0.25, -0.2) is 9.79 Å². The van der Waals surface area contributed by atoms with Gasteiger partial charge in [-0.3, -0.25) is 0 Å². The predicted octanol–water partition coefficient (Wildman–Crippen LogP) is 2.32. The quantitative estimate of drug-likeness (QED) is 0.612. The number of rotatable bonds is 2. The summed E-state index contributed by atoms with van der Waals surface area (Å²) < 4.78 is 11.4. The van der Waals surface area contributed by atoms with Crippen molar-refractivity contribution in [3.63, 3.8) is 0 Å². The summed E-state index contributed by atoms with van der Waals surface area (Å²) in [5.74, 6) is 1.44. The molecule has 0 saturated carbocycles. The van der Waals surface area contributed by atoms with Crippen LogP contribution >= 0.6 is 15.9 Å². The number of isocyanates is 1. The van der Waals surface area contributed by atoms with Crippen molar-refractivity contribution >= 4 is 22.0 Å². The van der Waals surface area contributed by atoms with Crippen molar-refractivity contribution in [2.45, 2.75) is 13.5 Å². The van der Waals surface area contributed by atoms with E-state index < -0.39 is 0 Å². The molecule has 1 aliphatic heterocycles. The summed E-state index contributed by atoms with van der Waals surface area (Å²) in [7, 11) is 0. The van der Waals surface area contributed by atoms with E-state index in [4.69, 9.17) is 9.47 Å². The molecule has 1 aliphatic rings. The van der Waals surface area contributed by atoms with Crippen molar-refractivity contribution in [2.75, 3.05) is 6.79 Å². The summed E-state index contributed by atoms with van der Waals surface area (Å²) in [5.41, 5.74) is 1.87. The Hall–Kier alpha value is -1.32. The summed E-state index contributed by atoms with van der Waals surface area (Å²) >= 11 is 3.38. The average molecular weight is 270 g/mol. The fourth-order valence-electron chi connectivity index (χ4n) is 1.49. The molecule has 0 atom stereocenters. The van der Waals surface area contributed by atoms with E-state index in [9.17, 15) is 4.79 Å². The first-order valence-electron chi connectivity index (χ1n) is 4.35. The van der Waals surface area contributed by atoms with Crippen LogP contribution < -0.4 is 9.47 Å². The van der Waals surface area contributed by atoms with Crippen molar-refractivity contribution < 1.29 is 14.3 Å². The Labute approximate surface area is 95.0 Å². The van der Waals surface area contributed by atoms with Gasteiger partial charge in [-0.1, -0.05) is 0 Å². The second-order valence-electron chi connectivity index (χ2n) is 3.11. The third kappa shape index (κ3) is 1.76. The van der Waals surface area contributed by atoms with E-state index in [1.165, 1.54) is 6.08 Å². The molecule has 0 saturated heterocycles. The van der Waals surface area contributed by atoms with E-state index >= 15 is 0 Å². The highest BCUT2D eigenvalue weighted by molar-refractivity contribution is 9.10. The summed E-state index contributed by atoms with van der Waals surface area (Å²) in [6.45, 7) is 2.45. The Morgan fingerprint density at radius 1 is 1.53 bits per heavy atom. The Kier molecular flexibility index (Phi) is 2.75. The summed E-state index contributed by atoms with van der Waals surface area (Å²) in [4.78, 5) is 13.6. The fourth-order valence-corrected chi connectivity index (χ4v) is 2.06. The number of nitrogens with zero attached hydrogens (tertiary/aromatic N) is 1. The molecule has 5 heteroatoms. The van der Waals surface area contributed by atoms with Gasteiger partial charge in [0.2, 0.25) is 12.9 Å². The van der Waals surface area contributed by atoms with Crippen LogP contribution in [-0.2, 0) is 11.3 Å². The van der Waals surface area contributed by atoms with E-state index in [1.54, 1.807) is 0 Å². The lowest BCUT2D eigenvalue weighted by molar-refractivity contribution is 0.173. The van der Waals surface area contributed by atoms with Gasteiger partial charge in [-0.15, -0.1) is 0 Å². The molecule has 0 radical (unpaired) electrons. The normalized spacial score (nSPS) is 12.4. The molecule has 1 heterocycles. The second-order valence-corrected chi connectivity index (χ2v) is 3.97. The molecule has 4 nitrogen and oxygen atoms in total. The third-order valence-corrected chi connectivity index (χ3v) is 2.86. The number of carbonyl (C=O) groups excluding carboxylic acids is 1. The standard InChI is InChI=1S/C10H8BrNO3/c1-6-7(3-12-4-13)2-8(11)10-9(6)14-5-15-10/h2H,3,5H2,1H3. The van der Waals surface area contributed by atoms with E-state index in [0.717, 1.165) is 21.3 Å². The topological polar surface area (TPSA) is 47.9 Å². The van der Waals surface area contributed by atoms with Crippen LogP contribution in [0.1, 0.15) is 11.1 Å². The lowest BCUT2D eigenvalue weighted by Gasteiger charge is -2.07. The van der Waals surface area contributed by atoms with Crippen molar-refractivity contribution in [2.24, 2.45) is 4.99 Å². The zero-order chi connectivity index (χ0) is 10.8. The van der Waals surface area contributed by atoms with E-state index in [2.05, 4.69) is 20.9 Å². The molecule has 2 rings (SSSR count). The van der Waals surface area contributed by atoms with Gasteiger partial charge in [0.1, 0.15) is 0 Å². The van der Waals surface area contributed by atoms with Crippen LogP contribution in [0, 0.1) is 6.92 Å². The maximum Gasteiger partial charge on any atom is 0.235 e. The van der Waals surface area contributed by atoms with Crippen molar-refractivity contribution in [1.29, 1.82) is 0 Å². The molecule has 0 aromatic heterocycles.